The Bertz CT molecular complexity index is 1010. The third-order valence-electron chi connectivity index (χ3n) is 4.94. The van der Waals surface area contributed by atoms with Gasteiger partial charge in [-0.3, -0.25) is 0 Å². The summed E-state index contributed by atoms with van der Waals surface area (Å²) in [5, 5.41) is 10.2. The van der Waals surface area contributed by atoms with Crippen molar-refractivity contribution in [3.63, 3.8) is 0 Å². The molecule has 0 N–H and O–H groups in total. The third-order valence-corrected chi connectivity index (χ3v) is 5.19. The fourth-order valence-corrected chi connectivity index (χ4v) is 3.92. The van der Waals surface area contributed by atoms with Gasteiger partial charge in [-0.1, -0.05) is 25.4 Å². The Kier molecular flexibility index (Phi) is 5.50. The van der Waals surface area contributed by atoms with Crippen molar-refractivity contribution in [2.45, 2.75) is 26.9 Å². The van der Waals surface area contributed by atoms with Crippen LogP contribution in [-0.2, 0) is 6.61 Å². The number of rotatable bonds is 5. The van der Waals surface area contributed by atoms with Crippen molar-refractivity contribution in [2.24, 2.45) is 11.8 Å². The predicted octanol–water partition coefficient (Wildman–Crippen LogP) is 5.52. The van der Waals surface area contributed by atoms with Gasteiger partial charge in [-0.05, 0) is 54.7 Å². The Morgan fingerprint density at radius 1 is 1.14 bits per heavy atom. The summed E-state index contributed by atoms with van der Waals surface area (Å²) in [4.78, 5) is 6.46. The van der Waals surface area contributed by atoms with E-state index in [4.69, 9.17) is 25.2 Å². The molecule has 1 aliphatic heterocycles. The molecule has 0 radical (unpaired) electrons. The van der Waals surface area contributed by atoms with Gasteiger partial charge in [0.1, 0.15) is 24.2 Å². The molecule has 0 unspecified atom stereocenters. The highest BCUT2D eigenvalue weighted by Gasteiger charge is 2.28. The van der Waals surface area contributed by atoms with E-state index in [1.165, 1.54) is 6.42 Å². The minimum Gasteiger partial charge on any atom is -0.486 e. The zero-order valence-corrected chi connectivity index (χ0v) is 17.1. The Labute approximate surface area is 174 Å². The van der Waals surface area contributed by atoms with Crippen LogP contribution in [-0.4, -0.2) is 18.1 Å². The maximum atomic E-state index is 9.52. The first-order valence-corrected chi connectivity index (χ1v) is 10.0. The Hall–Kier alpha value is -2.91. The van der Waals surface area contributed by atoms with Crippen molar-refractivity contribution in [1.29, 1.82) is 5.26 Å². The van der Waals surface area contributed by atoms with Gasteiger partial charge in [0.05, 0.1) is 0 Å². The number of oxazole rings is 1. The van der Waals surface area contributed by atoms with Crippen LogP contribution in [0.1, 0.15) is 31.7 Å². The van der Waals surface area contributed by atoms with Gasteiger partial charge in [0.2, 0.25) is 11.6 Å². The van der Waals surface area contributed by atoms with Crippen LogP contribution < -0.4 is 9.64 Å². The lowest BCUT2D eigenvalue weighted by molar-refractivity contribution is 0.271. The number of anilines is 1. The normalized spacial score (nSPS) is 19.2. The van der Waals surface area contributed by atoms with Crippen molar-refractivity contribution in [3.8, 4) is 23.5 Å². The molecule has 0 bridgehead atoms. The lowest BCUT2D eigenvalue weighted by Gasteiger charge is -2.34. The van der Waals surface area contributed by atoms with Crippen LogP contribution in [0.25, 0.3) is 11.7 Å². The molecule has 0 amide bonds. The number of nitrogens with zero attached hydrogens (tertiary/aromatic N) is 3. The molecule has 6 nitrogen and oxygen atoms in total. The summed E-state index contributed by atoms with van der Waals surface area (Å²) in [6, 6.07) is 12.9. The minimum atomic E-state index is 0.265. The fraction of sp³-hybridized carbons (Fsp3) is 0.364. The Morgan fingerprint density at radius 2 is 1.86 bits per heavy atom. The molecule has 1 saturated heterocycles. The van der Waals surface area contributed by atoms with E-state index in [2.05, 4.69) is 29.8 Å². The molecule has 1 fully saturated rings. The standard InChI is InChI=1S/C22H22ClN3O3/c1-14-9-15(2)12-26(11-14)22-19(10-24)25-21(29-22)20-8-7-18(28-20)13-27-17-5-3-16(23)4-6-17/h3-8,14-15H,9,11-13H2,1-2H3/t14-,15-/m1/s1. The predicted molar refractivity (Wildman–Crippen MR) is 110 cm³/mol. The monoisotopic (exact) mass is 411 g/mol. The van der Waals surface area contributed by atoms with Gasteiger partial charge in [0.15, 0.2) is 5.76 Å². The summed E-state index contributed by atoms with van der Waals surface area (Å²) in [7, 11) is 0. The summed E-state index contributed by atoms with van der Waals surface area (Å²) >= 11 is 5.88. The minimum absolute atomic E-state index is 0.265. The quantitative estimate of drug-likeness (QED) is 0.550. The third kappa shape index (κ3) is 4.41. The lowest BCUT2D eigenvalue weighted by atomic mass is 9.92. The maximum Gasteiger partial charge on any atom is 0.266 e. The lowest BCUT2D eigenvalue weighted by Crippen LogP contribution is -2.38. The Morgan fingerprint density at radius 3 is 2.55 bits per heavy atom. The van der Waals surface area contributed by atoms with E-state index in [0.717, 1.165) is 13.1 Å². The van der Waals surface area contributed by atoms with Gasteiger partial charge < -0.3 is 18.5 Å². The first kappa shape index (κ1) is 19.4. The molecule has 0 aliphatic carbocycles. The number of hydrogen-bond acceptors (Lipinski definition) is 6. The number of piperidine rings is 1. The molecule has 0 spiro atoms. The largest absolute Gasteiger partial charge is 0.486 e. The highest BCUT2D eigenvalue weighted by molar-refractivity contribution is 6.30. The number of hydrogen-bond donors (Lipinski definition) is 0. The molecule has 1 aromatic carbocycles. The highest BCUT2D eigenvalue weighted by atomic mass is 35.5. The summed E-state index contributed by atoms with van der Waals surface area (Å²) < 4.78 is 17.5. The fourth-order valence-electron chi connectivity index (χ4n) is 3.79. The van der Waals surface area contributed by atoms with Crippen molar-refractivity contribution in [3.05, 3.63) is 52.9 Å². The van der Waals surface area contributed by atoms with Crippen LogP contribution in [0.2, 0.25) is 5.02 Å². The number of benzene rings is 1. The molecule has 3 heterocycles. The smallest absolute Gasteiger partial charge is 0.266 e. The van der Waals surface area contributed by atoms with Crippen LogP contribution >= 0.6 is 11.6 Å². The summed E-state index contributed by atoms with van der Waals surface area (Å²) in [6.45, 7) is 6.40. The second kappa shape index (κ2) is 8.22. The summed E-state index contributed by atoms with van der Waals surface area (Å²) in [5.41, 5.74) is 0.289. The maximum absolute atomic E-state index is 9.52. The molecule has 29 heavy (non-hydrogen) atoms. The molecule has 3 aromatic rings. The molecule has 150 valence electrons. The summed E-state index contributed by atoms with van der Waals surface area (Å²) in [6.07, 6.45) is 1.18. The van der Waals surface area contributed by atoms with Crippen molar-refractivity contribution in [1.82, 2.24) is 4.98 Å². The van der Waals surface area contributed by atoms with E-state index >= 15 is 0 Å². The van der Waals surface area contributed by atoms with Crippen LogP contribution in [0.4, 0.5) is 5.88 Å². The van der Waals surface area contributed by atoms with Crippen LogP contribution in [0.15, 0.2) is 45.2 Å². The molecule has 4 rings (SSSR count). The zero-order valence-electron chi connectivity index (χ0n) is 16.4. The van der Waals surface area contributed by atoms with E-state index in [1.807, 2.05) is 6.07 Å². The van der Waals surface area contributed by atoms with Crippen LogP contribution in [0, 0.1) is 23.2 Å². The van der Waals surface area contributed by atoms with Crippen molar-refractivity contribution in [2.75, 3.05) is 18.0 Å². The first-order valence-electron chi connectivity index (χ1n) is 9.65. The van der Waals surface area contributed by atoms with E-state index in [9.17, 15) is 5.26 Å². The van der Waals surface area contributed by atoms with E-state index < -0.39 is 0 Å². The number of halogens is 1. The molecular weight excluding hydrogens is 390 g/mol. The SMILES string of the molecule is C[C@@H]1C[C@@H](C)CN(c2oc(-c3ccc(COc4ccc(Cl)cc4)o3)nc2C#N)C1. The molecule has 1 aliphatic rings. The van der Waals surface area contributed by atoms with Crippen LogP contribution in [0.5, 0.6) is 5.75 Å². The first-order chi connectivity index (χ1) is 14.0. The number of ether oxygens (including phenoxy) is 1. The molecule has 7 heteroatoms. The van der Waals surface area contributed by atoms with Gasteiger partial charge in [0, 0.05) is 18.1 Å². The number of furan rings is 1. The molecule has 2 atom stereocenters. The van der Waals surface area contributed by atoms with Crippen molar-refractivity contribution >= 4 is 17.5 Å². The van der Waals surface area contributed by atoms with E-state index in [-0.39, 0.29) is 12.3 Å². The second-order valence-corrected chi connectivity index (χ2v) is 8.08. The average Bonchev–Trinajstić information content (AvgIpc) is 3.33. The zero-order chi connectivity index (χ0) is 20.4. The molecular formula is C22H22ClN3O3. The molecule has 0 saturated carbocycles. The topological polar surface area (TPSA) is 75.4 Å². The van der Waals surface area contributed by atoms with Gasteiger partial charge in [-0.2, -0.15) is 10.2 Å². The highest BCUT2D eigenvalue weighted by Crippen LogP contribution is 2.33. The Balaban J connectivity index is 1.50. The van der Waals surface area contributed by atoms with E-state index in [0.29, 0.717) is 45.9 Å². The summed E-state index contributed by atoms with van der Waals surface area (Å²) in [5.74, 6) is 3.72. The number of nitriles is 1. The van der Waals surface area contributed by atoms with Gasteiger partial charge >= 0.3 is 0 Å². The van der Waals surface area contributed by atoms with Gasteiger partial charge in [-0.15, -0.1) is 0 Å². The number of aromatic nitrogens is 1. The van der Waals surface area contributed by atoms with Crippen LogP contribution in [0.3, 0.4) is 0 Å². The second-order valence-electron chi connectivity index (χ2n) is 7.64. The van der Waals surface area contributed by atoms with Crippen molar-refractivity contribution < 1.29 is 13.6 Å². The molecule has 2 aromatic heterocycles. The van der Waals surface area contributed by atoms with Gasteiger partial charge in [-0.25, -0.2) is 0 Å². The van der Waals surface area contributed by atoms with Gasteiger partial charge in [0.25, 0.3) is 5.89 Å². The van der Waals surface area contributed by atoms with E-state index in [1.54, 1.807) is 30.3 Å². The average molecular weight is 412 g/mol.